The van der Waals surface area contributed by atoms with Crippen molar-refractivity contribution in [2.75, 3.05) is 13.7 Å². The van der Waals surface area contributed by atoms with Gasteiger partial charge in [0.25, 0.3) is 0 Å². The second-order valence-corrected chi connectivity index (χ2v) is 6.55. The number of rotatable bonds is 6. The lowest BCUT2D eigenvalue weighted by molar-refractivity contribution is 0.149. The first-order valence-electron chi connectivity index (χ1n) is 8.15. The fourth-order valence-corrected chi connectivity index (χ4v) is 3.69. The summed E-state index contributed by atoms with van der Waals surface area (Å²) in [5.41, 5.74) is 6.88. The van der Waals surface area contributed by atoms with E-state index >= 15 is 0 Å². The lowest BCUT2D eigenvalue weighted by atomic mass is 9.67. The van der Waals surface area contributed by atoms with E-state index in [0.29, 0.717) is 12.3 Å². The fourth-order valence-electron chi connectivity index (χ4n) is 3.69. The van der Waals surface area contributed by atoms with Gasteiger partial charge in [0.05, 0.1) is 7.11 Å². The molecule has 0 amide bonds. The average molecular weight is 293 g/mol. The highest BCUT2D eigenvalue weighted by Gasteiger charge is 2.34. The zero-order valence-corrected chi connectivity index (χ0v) is 13.3. The summed E-state index contributed by atoms with van der Waals surface area (Å²) < 4.78 is 19.4. The third-order valence-electron chi connectivity index (χ3n) is 5.12. The van der Waals surface area contributed by atoms with E-state index in [9.17, 15) is 4.39 Å². The molecule has 1 aromatic carbocycles. The normalized spacial score (nSPS) is 25.8. The van der Waals surface area contributed by atoms with Crippen molar-refractivity contribution in [3.8, 4) is 5.75 Å². The van der Waals surface area contributed by atoms with Crippen LogP contribution in [0.4, 0.5) is 4.39 Å². The zero-order valence-electron chi connectivity index (χ0n) is 13.3. The first-order chi connectivity index (χ1) is 10.1. The largest absolute Gasteiger partial charge is 0.494 e. The molecule has 2 nitrogen and oxygen atoms in total. The Morgan fingerprint density at radius 3 is 2.62 bits per heavy atom. The van der Waals surface area contributed by atoms with Crippen molar-refractivity contribution < 1.29 is 9.13 Å². The van der Waals surface area contributed by atoms with Gasteiger partial charge in [0, 0.05) is 0 Å². The molecule has 0 saturated heterocycles. The second-order valence-electron chi connectivity index (χ2n) is 6.55. The predicted octanol–water partition coefficient (Wildman–Crippen LogP) is 4.31. The minimum atomic E-state index is -0.219. The van der Waals surface area contributed by atoms with Crippen molar-refractivity contribution in [1.82, 2.24) is 0 Å². The second kappa shape index (κ2) is 7.26. The van der Waals surface area contributed by atoms with E-state index in [1.165, 1.54) is 32.8 Å². The lowest BCUT2D eigenvalue weighted by Crippen LogP contribution is -2.37. The van der Waals surface area contributed by atoms with Crippen LogP contribution in [0.1, 0.15) is 51.0 Å². The van der Waals surface area contributed by atoms with Crippen molar-refractivity contribution in [1.29, 1.82) is 0 Å². The summed E-state index contributed by atoms with van der Waals surface area (Å²) in [6.45, 7) is 2.89. The van der Waals surface area contributed by atoms with Crippen LogP contribution in [0, 0.1) is 17.2 Å². The van der Waals surface area contributed by atoms with Crippen LogP contribution in [0.3, 0.4) is 0 Å². The van der Waals surface area contributed by atoms with Gasteiger partial charge in [-0.05, 0) is 61.6 Å². The van der Waals surface area contributed by atoms with Gasteiger partial charge in [-0.25, -0.2) is 4.39 Å². The Bertz CT molecular complexity index is 453. The van der Waals surface area contributed by atoms with Gasteiger partial charge in [-0.3, -0.25) is 0 Å². The Morgan fingerprint density at radius 2 is 2.05 bits per heavy atom. The topological polar surface area (TPSA) is 35.2 Å². The van der Waals surface area contributed by atoms with E-state index < -0.39 is 0 Å². The zero-order chi connectivity index (χ0) is 15.3. The minimum Gasteiger partial charge on any atom is -0.494 e. The maximum atomic E-state index is 14.4. The summed E-state index contributed by atoms with van der Waals surface area (Å²) >= 11 is 0. The first kappa shape index (κ1) is 16.3. The number of hydrogen-bond acceptors (Lipinski definition) is 2. The van der Waals surface area contributed by atoms with Gasteiger partial charge in [-0.1, -0.05) is 31.9 Å². The van der Waals surface area contributed by atoms with Gasteiger partial charge in [-0.15, -0.1) is 0 Å². The van der Waals surface area contributed by atoms with Crippen molar-refractivity contribution in [3.05, 3.63) is 29.6 Å². The highest BCUT2D eigenvalue weighted by molar-refractivity contribution is 5.32. The van der Waals surface area contributed by atoms with Crippen LogP contribution in [0.25, 0.3) is 0 Å². The molecule has 0 heterocycles. The molecular formula is C18H28FNO. The molecule has 118 valence electrons. The quantitative estimate of drug-likeness (QED) is 0.848. The number of halogens is 1. The molecule has 1 fully saturated rings. The highest BCUT2D eigenvalue weighted by Crippen LogP contribution is 2.42. The molecule has 0 atom stereocenters. The number of hydrogen-bond donors (Lipinski definition) is 1. The molecule has 21 heavy (non-hydrogen) atoms. The molecule has 0 bridgehead atoms. The van der Waals surface area contributed by atoms with Gasteiger partial charge in [0.15, 0.2) is 11.6 Å². The minimum absolute atomic E-state index is 0.0669. The molecular weight excluding hydrogens is 265 g/mol. The summed E-state index contributed by atoms with van der Waals surface area (Å²) in [5.74, 6) is 0.952. The van der Waals surface area contributed by atoms with E-state index in [1.807, 2.05) is 12.1 Å². The maximum absolute atomic E-state index is 14.4. The van der Waals surface area contributed by atoms with Gasteiger partial charge in [0.1, 0.15) is 0 Å². The van der Waals surface area contributed by atoms with E-state index in [-0.39, 0.29) is 11.2 Å². The van der Waals surface area contributed by atoms with E-state index in [0.717, 1.165) is 30.7 Å². The lowest BCUT2D eigenvalue weighted by Gasteiger charge is -2.40. The Hall–Kier alpha value is -1.09. The average Bonchev–Trinajstić information content (AvgIpc) is 2.52. The summed E-state index contributed by atoms with van der Waals surface area (Å²) in [4.78, 5) is 0. The highest BCUT2D eigenvalue weighted by atomic mass is 19.1. The first-order valence-corrected chi connectivity index (χ1v) is 8.15. The molecule has 1 aliphatic rings. The third-order valence-corrected chi connectivity index (χ3v) is 5.12. The molecule has 1 aromatic rings. The Kier molecular flexibility index (Phi) is 5.63. The number of benzene rings is 1. The van der Waals surface area contributed by atoms with Gasteiger partial charge in [0.2, 0.25) is 0 Å². The van der Waals surface area contributed by atoms with E-state index in [1.54, 1.807) is 6.07 Å². The monoisotopic (exact) mass is 293 g/mol. The van der Waals surface area contributed by atoms with Crippen molar-refractivity contribution >= 4 is 0 Å². The Labute approximate surface area is 127 Å². The maximum Gasteiger partial charge on any atom is 0.168 e. The molecule has 0 unspecified atom stereocenters. The summed E-state index contributed by atoms with van der Waals surface area (Å²) in [6, 6.07) is 5.41. The van der Waals surface area contributed by atoms with Gasteiger partial charge in [-0.2, -0.15) is 0 Å². The van der Waals surface area contributed by atoms with Crippen LogP contribution >= 0.6 is 0 Å². The summed E-state index contributed by atoms with van der Waals surface area (Å²) in [7, 11) is 1.51. The van der Waals surface area contributed by atoms with Crippen LogP contribution in [0.5, 0.6) is 5.75 Å². The fraction of sp³-hybridized carbons (Fsp3) is 0.667. The number of methoxy groups -OCH3 is 1. The van der Waals surface area contributed by atoms with Crippen molar-refractivity contribution in [2.24, 2.45) is 17.1 Å². The van der Waals surface area contributed by atoms with Crippen LogP contribution in [0.2, 0.25) is 0 Å². The van der Waals surface area contributed by atoms with Crippen LogP contribution in [0.15, 0.2) is 18.2 Å². The smallest absolute Gasteiger partial charge is 0.168 e. The molecule has 2 N–H and O–H groups in total. The van der Waals surface area contributed by atoms with Gasteiger partial charge >= 0.3 is 0 Å². The van der Waals surface area contributed by atoms with Gasteiger partial charge < -0.3 is 10.5 Å². The van der Waals surface area contributed by atoms with Crippen LogP contribution < -0.4 is 10.5 Å². The molecule has 3 heteroatoms. The summed E-state index contributed by atoms with van der Waals surface area (Å²) in [5, 5.41) is 0. The Morgan fingerprint density at radius 1 is 1.33 bits per heavy atom. The van der Waals surface area contributed by atoms with E-state index in [4.69, 9.17) is 10.5 Å². The molecule has 0 aliphatic heterocycles. The molecule has 2 rings (SSSR count). The standard InChI is InChI=1S/C18H28FNO/c1-3-5-14-8-10-18(13-20,11-9-14)12-15-6-4-7-16(21-2)17(15)19/h4,6-7,14H,3,5,8-13,20H2,1-2H3. The molecule has 1 saturated carbocycles. The molecule has 0 aromatic heterocycles. The molecule has 0 radical (unpaired) electrons. The molecule has 0 spiro atoms. The Balaban J connectivity index is 2.09. The number of ether oxygens (including phenoxy) is 1. The van der Waals surface area contributed by atoms with E-state index in [2.05, 4.69) is 6.92 Å². The third kappa shape index (κ3) is 3.76. The molecule has 1 aliphatic carbocycles. The predicted molar refractivity (Wildman–Crippen MR) is 85.0 cm³/mol. The number of nitrogens with two attached hydrogens (primary N) is 1. The van der Waals surface area contributed by atoms with Crippen molar-refractivity contribution in [3.63, 3.8) is 0 Å². The SMILES string of the molecule is CCCC1CCC(CN)(Cc2cccc(OC)c2F)CC1. The summed E-state index contributed by atoms with van der Waals surface area (Å²) in [6.07, 6.45) is 7.99. The van der Waals surface area contributed by atoms with Crippen molar-refractivity contribution in [2.45, 2.75) is 51.9 Å². The van der Waals surface area contributed by atoms with Crippen LogP contribution in [-0.2, 0) is 6.42 Å². The van der Waals surface area contributed by atoms with Crippen LogP contribution in [-0.4, -0.2) is 13.7 Å².